The molecule has 0 bridgehead atoms. The molecule has 12 heavy (non-hydrogen) atoms. The number of hydrogen-bond donors (Lipinski definition) is 3. The van der Waals surface area contributed by atoms with Crippen molar-refractivity contribution in [3.05, 3.63) is 24.0 Å². The highest BCUT2D eigenvalue weighted by atomic mass is 32.1. The van der Waals surface area contributed by atoms with Gasteiger partial charge in [0.15, 0.2) is 5.11 Å². The quantitative estimate of drug-likeness (QED) is 0.455. The Morgan fingerprint density at radius 2 is 2.25 bits per heavy atom. The Kier molecular flexibility index (Phi) is 2.44. The van der Waals surface area contributed by atoms with Crippen LogP contribution in [0.4, 0.5) is 10.1 Å². The minimum atomic E-state index is -0.595. The van der Waals surface area contributed by atoms with E-state index in [0.717, 1.165) is 6.07 Å². The Morgan fingerprint density at radius 3 is 2.75 bits per heavy atom. The third-order valence-corrected chi connectivity index (χ3v) is 1.31. The predicted molar refractivity (Wildman–Crippen MR) is 48.5 cm³/mol. The first-order chi connectivity index (χ1) is 5.59. The topological polar surface area (TPSA) is 58.3 Å². The van der Waals surface area contributed by atoms with Gasteiger partial charge in [-0.25, -0.2) is 4.39 Å². The van der Waals surface area contributed by atoms with E-state index in [9.17, 15) is 4.39 Å². The van der Waals surface area contributed by atoms with E-state index < -0.39 is 5.82 Å². The van der Waals surface area contributed by atoms with Gasteiger partial charge in [-0.2, -0.15) is 0 Å². The molecular formula is C7H7FN2OS. The molecule has 4 N–H and O–H groups in total. The van der Waals surface area contributed by atoms with Gasteiger partial charge in [-0.1, -0.05) is 0 Å². The van der Waals surface area contributed by atoms with Crippen LogP contribution in [0.5, 0.6) is 5.75 Å². The first-order valence-electron chi connectivity index (χ1n) is 3.14. The molecule has 0 radical (unpaired) electrons. The molecule has 0 fully saturated rings. The highest BCUT2D eigenvalue weighted by Crippen LogP contribution is 2.18. The van der Waals surface area contributed by atoms with Gasteiger partial charge in [0.05, 0.1) is 5.69 Å². The van der Waals surface area contributed by atoms with Crippen molar-refractivity contribution < 1.29 is 9.50 Å². The van der Waals surface area contributed by atoms with E-state index in [0.29, 0.717) is 0 Å². The van der Waals surface area contributed by atoms with Crippen molar-refractivity contribution in [1.29, 1.82) is 0 Å². The molecule has 0 unspecified atom stereocenters. The molecule has 1 rings (SSSR count). The van der Waals surface area contributed by atoms with Gasteiger partial charge in [0.2, 0.25) is 0 Å². The highest BCUT2D eigenvalue weighted by molar-refractivity contribution is 7.80. The standard InChI is InChI=1S/C7H7FN2OS/c8-5-3-4(11)1-2-6(5)10-7(9)12/h1-3,11H,(H3,9,10,12). The van der Waals surface area contributed by atoms with Crippen LogP contribution in [0.3, 0.4) is 0 Å². The summed E-state index contributed by atoms with van der Waals surface area (Å²) in [5.41, 5.74) is 5.28. The highest BCUT2D eigenvalue weighted by Gasteiger charge is 2.02. The summed E-state index contributed by atoms with van der Waals surface area (Å²) in [6.45, 7) is 0. The largest absolute Gasteiger partial charge is 0.508 e. The van der Waals surface area contributed by atoms with Gasteiger partial charge in [-0.15, -0.1) is 0 Å². The molecule has 0 heterocycles. The van der Waals surface area contributed by atoms with Crippen molar-refractivity contribution in [2.24, 2.45) is 5.73 Å². The van der Waals surface area contributed by atoms with E-state index in [4.69, 9.17) is 10.8 Å². The van der Waals surface area contributed by atoms with Gasteiger partial charge in [0.25, 0.3) is 0 Å². The Balaban J connectivity index is 2.93. The molecule has 1 aromatic carbocycles. The Morgan fingerprint density at radius 1 is 1.58 bits per heavy atom. The molecule has 0 aromatic heterocycles. The molecule has 5 heteroatoms. The van der Waals surface area contributed by atoms with E-state index in [2.05, 4.69) is 17.5 Å². The van der Waals surface area contributed by atoms with Crippen LogP contribution in [0.2, 0.25) is 0 Å². The molecule has 0 amide bonds. The van der Waals surface area contributed by atoms with E-state index in [1.807, 2.05) is 0 Å². The van der Waals surface area contributed by atoms with Crippen molar-refractivity contribution in [2.45, 2.75) is 0 Å². The lowest BCUT2D eigenvalue weighted by Crippen LogP contribution is -2.19. The maximum Gasteiger partial charge on any atom is 0.168 e. The zero-order valence-electron chi connectivity index (χ0n) is 6.04. The maximum absolute atomic E-state index is 12.9. The van der Waals surface area contributed by atoms with Crippen LogP contribution in [-0.4, -0.2) is 10.2 Å². The summed E-state index contributed by atoms with van der Waals surface area (Å²) in [5, 5.41) is 11.2. The molecular weight excluding hydrogens is 179 g/mol. The molecule has 3 nitrogen and oxygen atoms in total. The van der Waals surface area contributed by atoms with Crippen LogP contribution in [0.15, 0.2) is 18.2 Å². The second-order valence-corrected chi connectivity index (χ2v) is 2.59. The Labute approximate surface area is 74.0 Å². The predicted octanol–water partition coefficient (Wildman–Crippen LogP) is 1.19. The van der Waals surface area contributed by atoms with Crippen LogP contribution < -0.4 is 11.1 Å². The third kappa shape index (κ3) is 2.06. The number of nitrogens with one attached hydrogen (secondary N) is 1. The summed E-state index contributed by atoms with van der Waals surface area (Å²) in [7, 11) is 0. The Hall–Kier alpha value is -1.36. The molecule has 0 aliphatic heterocycles. The summed E-state index contributed by atoms with van der Waals surface area (Å²) >= 11 is 4.51. The van der Waals surface area contributed by atoms with Crippen molar-refractivity contribution in [1.82, 2.24) is 0 Å². The summed E-state index contributed by atoms with van der Waals surface area (Å²) in [6.07, 6.45) is 0. The smallest absolute Gasteiger partial charge is 0.168 e. The molecule has 0 aliphatic carbocycles. The fourth-order valence-corrected chi connectivity index (χ4v) is 0.848. The lowest BCUT2D eigenvalue weighted by Gasteiger charge is -2.04. The summed E-state index contributed by atoms with van der Waals surface area (Å²) in [4.78, 5) is 0. The second-order valence-electron chi connectivity index (χ2n) is 2.15. The van der Waals surface area contributed by atoms with Crippen LogP contribution >= 0.6 is 12.2 Å². The molecule has 0 saturated heterocycles. The molecule has 0 spiro atoms. The SMILES string of the molecule is NC(=S)Nc1ccc(O)cc1F. The number of benzene rings is 1. The average molecular weight is 186 g/mol. The number of anilines is 1. The fourth-order valence-electron chi connectivity index (χ4n) is 0.738. The van der Waals surface area contributed by atoms with E-state index >= 15 is 0 Å². The summed E-state index contributed by atoms with van der Waals surface area (Å²) in [6, 6.07) is 3.66. The normalized spacial score (nSPS) is 9.42. The molecule has 0 aliphatic rings. The molecule has 0 saturated carbocycles. The lowest BCUT2D eigenvalue weighted by atomic mass is 10.3. The van der Waals surface area contributed by atoms with Crippen molar-refractivity contribution in [3.63, 3.8) is 0 Å². The van der Waals surface area contributed by atoms with Crippen molar-refractivity contribution in [3.8, 4) is 5.75 Å². The number of hydrogen-bond acceptors (Lipinski definition) is 2. The van der Waals surface area contributed by atoms with Gasteiger partial charge < -0.3 is 16.2 Å². The van der Waals surface area contributed by atoms with Crippen molar-refractivity contribution in [2.75, 3.05) is 5.32 Å². The van der Waals surface area contributed by atoms with Gasteiger partial charge in [0.1, 0.15) is 11.6 Å². The number of nitrogens with two attached hydrogens (primary N) is 1. The van der Waals surface area contributed by atoms with Crippen LogP contribution in [0.25, 0.3) is 0 Å². The third-order valence-electron chi connectivity index (χ3n) is 1.21. The zero-order chi connectivity index (χ0) is 9.14. The van der Waals surface area contributed by atoms with Crippen molar-refractivity contribution >= 4 is 23.0 Å². The summed E-state index contributed by atoms with van der Waals surface area (Å²) in [5.74, 6) is -0.733. The minimum Gasteiger partial charge on any atom is -0.508 e. The van der Waals surface area contributed by atoms with E-state index in [-0.39, 0.29) is 16.5 Å². The van der Waals surface area contributed by atoms with Crippen LogP contribution in [0.1, 0.15) is 0 Å². The molecule has 64 valence electrons. The fraction of sp³-hybridized carbons (Fsp3) is 0. The van der Waals surface area contributed by atoms with Gasteiger partial charge >= 0.3 is 0 Å². The van der Waals surface area contributed by atoms with E-state index in [1.165, 1.54) is 12.1 Å². The van der Waals surface area contributed by atoms with E-state index in [1.54, 1.807) is 0 Å². The van der Waals surface area contributed by atoms with Gasteiger partial charge in [-0.05, 0) is 24.4 Å². The zero-order valence-corrected chi connectivity index (χ0v) is 6.86. The number of rotatable bonds is 1. The Bertz CT molecular complexity index is 316. The number of phenols is 1. The van der Waals surface area contributed by atoms with Gasteiger partial charge in [0, 0.05) is 6.07 Å². The molecule has 0 atom stereocenters. The first kappa shape index (κ1) is 8.73. The maximum atomic E-state index is 12.9. The average Bonchev–Trinajstić information content (AvgIpc) is 1.94. The van der Waals surface area contributed by atoms with Crippen LogP contribution in [0, 0.1) is 5.82 Å². The minimum absolute atomic E-state index is 0.0143. The number of phenolic OH excluding ortho intramolecular Hbond substituents is 1. The number of thiocarbonyl (C=S) groups is 1. The number of halogens is 1. The monoisotopic (exact) mass is 186 g/mol. The van der Waals surface area contributed by atoms with Gasteiger partial charge in [-0.3, -0.25) is 0 Å². The second kappa shape index (κ2) is 3.36. The number of aromatic hydroxyl groups is 1. The summed E-state index contributed by atoms with van der Waals surface area (Å²) < 4.78 is 12.9. The lowest BCUT2D eigenvalue weighted by molar-refractivity contribution is 0.469. The van der Waals surface area contributed by atoms with Crippen LogP contribution in [-0.2, 0) is 0 Å². The molecule has 1 aromatic rings. The first-order valence-corrected chi connectivity index (χ1v) is 3.55.